The second-order valence-electron chi connectivity index (χ2n) is 6.08. The van der Waals surface area contributed by atoms with Crippen molar-refractivity contribution in [3.8, 4) is 10.6 Å². The molecular weight excluding hydrogens is 310 g/mol. The van der Waals surface area contributed by atoms with Gasteiger partial charge in [0.2, 0.25) is 0 Å². The number of rotatable bonds is 4. The topological polar surface area (TPSA) is 65.5 Å². The molecule has 0 spiro atoms. The van der Waals surface area contributed by atoms with Gasteiger partial charge in [0.15, 0.2) is 0 Å². The molecule has 23 heavy (non-hydrogen) atoms. The van der Waals surface area contributed by atoms with Gasteiger partial charge in [0, 0.05) is 17.5 Å². The number of likely N-dealkylation sites (tertiary alicyclic amines) is 1. The van der Waals surface area contributed by atoms with Gasteiger partial charge >= 0.3 is 6.03 Å². The molecule has 1 aromatic heterocycles. The zero-order chi connectivity index (χ0) is 16.3. The standard InChI is InChI=1S/C17H21N3O2S/c1-17(12-21)8-5-9-20(17)16(22)18-10-14-11-23-15(19-14)13-6-3-2-4-7-13/h2-4,6-7,11,21H,5,8-10,12H2,1H3,(H,18,22). The number of nitrogens with one attached hydrogen (secondary N) is 1. The molecule has 1 fully saturated rings. The summed E-state index contributed by atoms with van der Waals surface area (Å²) in [5.41, 5.74) is 1.50. The molecule has 5 nitrogen and oxygen atoms in total. The maximum atomic E-state index is 12.3. The number of urea groups is 1. The highest BCUT2D eigenvalue weighted by atomic mass is 32.1. The van der Waals surface area contributed by atoms with Crippen molar-refractivity contribution in [3.63, 3.8) is 0 Å². The van der Waals surface area contributed by atoms with Gasteiger partial charge in [0.05, 0.1) is 24.4 Å². The van der Waals surface area contributed by atoms with Gasteiger partial charge in [0.1, 0.15) is 5.01 Å². The summed E-state index contributed by atoms with van der Waals surface area (Å²) in [4.78, 5) is 18.7. The van der Waals surface area contributed by atoms with E-state index in [1.165, 1.54) is 0 Å². The summed E-state index contributed by atoms with van der Waals surface area (Å²) in [6, 6.07) is 9.87. The van der Waals surface area contributed by atoms with Crippen LogP contribution in [0.3, 0.4) is 0 Å². The minimum Gasteiger partial charge on any atom is -0.394 e. The number of aromatic nitrogens is 1. The zero-order valence-electron chi connectivity index (χ0n) is 13.2. The minimum absolute atomic E-state index is 0.00469. The van der Waals surface area contributed by atoms with Crippen LogP contribution in [0.4, 0.5) is 4.79 Å². The molecule has 0 saturated carbocycles. The first kappa shape index (κ1) is 16.0. The quantitative estimate of drug-likeness (QED) is 0.905. The Bertz CT molecular complexity index is 673. The van der Waals surface area contributed by atoms with Gasteiger partial charge in [0.25, 0.3) is 0 Å². The summed E-state index contributed by atoms with van der Waals surface area (Å²) >= 11 is 1.57. The number of hydrogen-bond acceptors (Lipinski definition) is 4. The number of aliphatic hydroxyl groups is 1. The Hall–Kier alpha value is -1.92. The van der Waals surface area contributed by atoms with Gasteiger partial charge in [-0.15, -0.1) is 11.3 Å². The summed E-state index contributed by atoms with van der Waals surface area (Å²) in [6.45, 7) is 3.01. The number of aliphatic hydroxyl groups excluding tert-OH is 1. The van der Waals surface area contributed by atoms with E-state index in [0.717, 1.165) is 29.1 Å². The third-order valence-electron chi connectivity index (χ3n) is 4.33. The van der Waals surface area contributed by atoms with Crippen molar-refractivity contribution in [2.45, 2.75) is 31.8 Å². The van der Waals surface area contributed by atoms with Gasteiger partial charge in [-0.05, 0) is 19.8 Å². The first-order chi connectivity index (χ1) is 11.1. The fraction of sp³-hybridized carbons (Fsp3) is 0.412. The van der Waals surface area contributed by atoms with E-state index in [0.29, 0.717) is 13.1 Å². The highest BCUT2D eigenvalue weighted by Gasteiger charge is 2.38. The van der Waals surface area contributed by atoms with E-state index in [1.807, 2.05) is 42.6 Å². The molecule has 1 unspecified atom stereocenters. The highest BCUT2D eigenvalue weighted by molar-refractivity contribution is 7.13. The Morgan fingerprint density at radius 2 is 2.22 bits per heavy atom. The van der Waals surface area contributed by atoms with Crippen molar-refractivity contribution in [1.29, 1.82) is 0 Å². The van der Waals surface area contributed by atoms with Crippen LogP contribution in [0.5, 0.6) is 0 Å². The molecule has 0 aliphatic carbocycles. The van der Waals surface area contributed by atoms with Crippen molar-refractivity contribution >= 4 is 17.4 Å². The fourth-order valence-corrected chi connectivity index (χ4v) is 3.72. The van der Waals surface area contributed by atoms with Gasteiger partial charge in [-0.3, -0.25) is 0 Å². The van der Waals surface area contributed by atoms with E-state index in [9.17, 15) is 9.90 Å². The van der Waals surface area contributed by atoms with E-state index >= 15 is 0 Å². The number of hydrogen-bond donors (Lipinski definition) is 2. The first-order valence-corrected chi connectivity index (χ1v) is 8.66. The van der Waals surface area contributed by atoms with E-state index in [2.05, 4.69) is 10.3 Å². The molecular formula is C17H21N3O2S. The average molecular weight is 331 g/mol. The predicted octanol–water partition coefficient (Wildman–Crippen LogP) is 2.87. The summed E-state index contributed by atoms with van der Waals surface area (Å²) in [5, 5.41) is 15.4. The van der Waals surface area contributed by atoms with Crippen LogP contribution in [-0.4, -0.2) is 39.7 Å². The fourth-order valence-electron chi connectivity index (χ4n) is 2.90. The lowest BCUT2D eigenvalue weighted by molar-refractivity contribution is 0.0972. The van der Waals surface area contributed by atoms with Gasteiger partial charge in [-0.2, -0.15) is 0 Å². The molecule has 1 atom stereocenters. The van der Waals surface area contributed by atoms with Crippen molar-refractivity contribution in [2.75, 3.05) is 13.2 Å². The first-order valence-electron chi connectivity index (χ1n) is 7.78. The summed E-state index contributed by atoms with van der Waals surface area (Å²) < 4.78 is 0. The van der Waals surface area contributed by atoms with Crippen LogP contribution in [0, 0.1) is 0 Å². The predicted molar refractivity (Wildman–Crippen MR) is 91.2 cm³/mol. The second kappa shape index (κ2) is 6.68. The Balaban J connectivity index is 1.61. The minimum atomic E-state index is -0.443. The Morgan fingerprint density at radius 1 is 1.43 bits per heavy atom. The second-order valence-corrected chi connectivity index (χ2v) is 6.94. The number of thiazole rings is 1. The van der Waals surface area contributed by atoms with E-state index in [4.69, 9.17) is 0 Å². The SMILES string of the molecule is CC1(CO)CCCN1C(=O)NCc1csc(-c2ccccc2)n1. The molecule has 0 radical (unpaired) electrons. The van der Waals surface area contributed by atoms with Crippen molar-refractivity contribution < 1.29 is 9.90 Å². The van der Waals surface area contributed by atoms with Crippen LogP contribution < -0.4 is 5.32 Å². The zero-order valence-corrected chi connectivity index (χ0v) is 14.0. The number of carbonyl (C=O) groups is 1. The molecule has 2 amide bonds. The Morgan fingerprint density at radius 3 is 2.96 bits per heavy atom. The summed E-state index contributed by atoms with van der Waals surface area (Å²) in [7, 11) is 0. The molecule has 2 N–H and O–H groups in total. The highest BCUT2D eigenvalue weighted by Crippen LogP contribution is 2.28. The van der Waals surface area contributed by atoms with Crippen molar-refractivity contribution in [1.82, 2.24) is 15.2 Å². The molecule has 3 rings (SSSR count). The maximum Gasteiger partial charge on any atom is 0.318 e. The summed E-state index contributed by atoms with van der Waals surface area (Å²) in [6.07, 6.45) is 1.77. The third kappa shape index (κ3) is 3.38. The molecule has 1 aliphatic heterocycles. The molecule has 1 aromatic carbocycles. The number of benzene rings is 1. The molecule has 0 bridgehead atoms. The monoisotopic (exact) mass is 331 g/mol. The van der Waals surface area contributed by atoms with Crippen LogP contribution in [0.25, 0.3) is 10.6 Å². The maximum absolute atomic E-state index is 12.3. The van der Waals surface area contributed by atoms with Gasteiger partial charge < -0.3 is 15.3 Å². The molecule has 2 aromatic rings. The van der Waals surface area contributed by atoms with E-state index in [-0.39, 0.29) is 12.6 Å². The van der Waals surface area contributed by atoms with Crippen molar-refractivity contribution in [3.05, 3.63) is 41.4 Å². The van der Waals surface area contributed by atoms with Crippen molar-refractivity contribution in [2.24, 2.45) is 0 Å². The van der Waals surface area contributed by atoms with Crippen LogP contribution in [0.2, 0.25) is 0 Å². The van der Waals surface area contributed by atoms with Gasteiger partial charge in [-0.1, -0.05) is 30.3 Å². The number of amides is 2. The van der Waals surface area contributed by atoms with Crippen LogP contribution in [0.1, 0.15) is 25.5 Å². The normalized spacial score (nSPS) is 20.7. The lowest BCUT2D eigenvalue weighted by Gasteiger charge is -2.33. The van der Waals surface area contributed by atoms with Crippen LogP contribution >= 0.6 is 11.3 Å². The number of carbonyl (C=O) groups excluding carboxylic acids is 1. The Labute approximate surface area is 140 Å². The largest absolute Gasteiger partial charge is 0.394 e. The smallest absolute Gasteiger partial charge is 0.318 e. The van der Waals surface area contributed by atoms with E-state index < -0.39 is 5.54 Å². The van der Waals surface area contributed by atoms with Crippen LogP contribution in [0.15, 0.2) is 35.7 Å². The van der Waals surface area contributed by atoms with Crippen LogP contribution in [-0.2, 0) is 6.54 Å². The molecule has 2 heterocycles. The van der Waals surface area contributed by atoms with E-state index in [1.54, 1.807) is 16.2 Å². The number of nitrogens with zero attached hydrogens (tertiary/aromatic N) is 2. The van der Waals surface area contributed by atoms with Gasteiger partial charge in [-0.25, -0.2) is 9.78 Å². The summed E-state index contributed by atoms with van der Waals surface area (Å²) in [5.74, 6) is 0. The molecule has 6 heteroatoms. The molecule has 122 valence electrons. The third-order valence-corrected chi connectivity index (χ3v) is 5.27. The molecule has 1 saturated heterocycles. The molecule has 1 aliphatic rings. The average Bonchev–Trinajstić information content (AvgIpc) is 3.21. The lowest BCUT2D eigenvalue weighted by Crippen LogP contribution is -2.51. The lowest BCUT2D eigenvalue weighted by atomic mass is 10.0. The Kier molecular flexibility index (Phi) is 4.63.